The summed E-state index contributed by atoms with van der Waals surface area (Å²) in [5.41, 5.74) is 1.47. The molecule has 2 heterocycles. The zero-order valence-electron chi connectivity index (χ0n) is 16.0. The maximum absolute atomic E-state index is 12.2. The first-order chi connectivity index (χ1) is 13.7. The van der Waals surface area contributed by atoms with Crippen LogP contribution < -0.4 is 10.1 Å². The molecule has 1 aliphatic heterocycles. The number of carbonyl (C=O) groups is 2. The van der Waals surface area contributed by atoms with Crippen LogP contribution in [-0.4, -0.2) is 54.1 Å². The number of aromatic nitrogens is 1. The predicted octanol–water partition coefficient (Wildman–Crippen LogP) is 2.03. The molecule has 2 aromatic rings. The standard InChI is InChI=1S/C21H25N3O4/c1-2-27-20-18(9-6-11-22-20)21(26)28-15-19(25)23-17-10-12-24(14-17)13-16-7-4-3-5-8-16/h3-9,11,17H,2,10,12-15H2,1H3,(H,23,25). The topological polar surface area (TPSA) is 80.8 Å². The number of hydrogen-bond donors (Lipinski definition) is 1. The molecule has 7 heteroatoms. The number of nitrogens with one attached hydrogen (secondary N) is 1. The van der Waals surface area contributed by atoms with E-state index in [4.69, 9.17) is 9.47 Å². The van der Waals surface area contributed by atoms with Gasteiger partial charge in [0.05, 0.1) is 6.61 Å². The number of amides is 1. The Kier molecular flexibility index (Phi) is 6.97. The van der Waals surface area contributed by atoms with Gasteiger partial charge in [-0.05, 0) is 31.0 Å². The van der Waals surface area contributed by atoms with Gasteiger partial charge in [-0.15, -0.1) is 0 Å². The Morgan fingerprint density at radius 2 is 2.04 bits per heavy atom. The van der Waals surface area contributed by atoms with Crippen LogP contribution in [0.25, 0.3) is 0 Å². The number of ether oxygens (including phenoxy) is 2. The highest BCUT2D eigenvalue weighted by Crippen LogP contribution is 2.16. The van der Waals surface area contributed by atoms with Gasteiger partial charge in [-0.2, -0.15) is 0 Å². The number of rotatable bonds is 8. The SMILES string of the molecule is CCOc1ncccc1C(=O)OCC(=O)NC1CCN(Cc2ccccc2)C1. The highest BCUT2D eigenvalue weighted by atomic mass is 16.5. The maximum atomic E-state index is 12.2. The minimum Gasteiger partial charge on any atom is -0.477 e. The summed E-state index contributed by atoms with van der Waals surface area (Å²) in [6.07, 6.45) is 2.42. The van der Waals surface area contributed by atoms with Gasteiger partial charge in [0.15, 0.2) is 6.61 Å². The van der Waals surface area contributed by atoms with Crippen LogP contribution in [0.3, 0.4) is 0 Å². The van der Waals surface area contributed by atoms with Crippen LogP contribution >= 0.6 is 0 Å². The van der Waals surface area contributed by atoms with Crippen LogP contribution in [0.15, 0.2) is 48.7 Å². The number of nitrogens with zero attached hydrogens (tertiary/aromatic N) is 2. The van der Waals surface area contributed by atoms with E-state index in [9.17, 15) is 9.59 Å². The highest BCUT2D eigenvalue weighted by molar-refractivity contribution is 5.93. The number of esters is 1. The number of hydrogen-bond acceptors (Lipinski definition) is 6. The quantitative estimate of drug-likeness (QED) is 0.703. The molecule has 28 heavy (non-hydrogen) atoms. The van der Waals surface area contributed by atoms with Crippen LogP contribution in [0.4, 0.5) is 0 Å². The van der Waals surface area contributed by atoms with Crippen LogP contribution in [-0.2, 0) is 16.1 Å². The van der Waals surface area contributed by atoms with Crippen molar-refractivity contribution in [1.29, 1.82) is 0 Å². The van der Waals surface area contributed by atoms with Gasteiger partial charge in [-0.3, -0.25) is 9.69 Å². The van der Waals surface area contributed by atoms with Crippen LogP contribution in [0, 0.1) is 0 Å². The summed E-state index contributed by atoms with van der Waals surface area (Å²) in [6.45, 7) is 4.44. The van der Waals surface area contributed by atoms with E-state index in [1.165, 1.54) is 11.8 Å². The first-order valence-electron chi connectivity index (χ1n) is 9.46. The highest BCUT2D eigenvalue weighted by Gasteiger charge is 2.24. The van der Waals surface area contributed by atoms with Crippen molar-refractivity contribution in [3.8, 4) is 5.88 Å². The molecule has 0 bridgehead atoms. The smallest absolute Gasteiger partial charge is 0.344 e. The van der Waals surface area contributed by atoms with Gasteiger partial charge in [0.2, 0.25) is 5.88 Å². The fourth-order valence-corrected chi connectivity index (χ4v) is 3.21. The Balaban J connectivity index is 1.43. The van der Waals surface area contributed by atoms with Crippen LogP contribution in [0.2, 0.25) is 0 Å². The molecule has 0 radical (unpaired) electrons. The number of pyridine rings is 1. The van der Waals surface area contributed by atoms with Crippen LogP contribution in [0.5, 0.6) is 5.88 Å². The van der Waals surface area contributed by atoms with E-state index in [2.05, 4.69) is 27.3 Å². The lowest BCUT2D eigenvalue weighted by molar-refractivity contribution is -0.124. The first-order valence-corrected chi connectivity index (χ1v) is 9.46. The van der Waals surface area contributed by atoms with Crippen molar-refractivity contribution in [3.63, 3.8) is 0 Å². The lowest BCUT2D eigenvalue weighted by Crippen LogP contribution is -2.39. The normalized spacial score (nSPS) is 16.5. The zero-order valence-corrected chi connectivity index (χ0v) is 16.0. The summed E-state index contributed by atoms with van der Waals surface area (Å²) in [7, 11) is 0. The molecular formula is C21H25N3O4. The van der Waals surface area contributed by atoms with Crippen molar-refractivity contribution in [2.24, 2.45) is 0 Å². The van der Waals surface area contributed by atoms with E-state index in [1.54, 1.807) is 19.1 Å². The van der Waals surface area contributed by atoms with Crippen molar-refractivity contribution >= 4 is 11.9 Å². The van der Waals surface area contributed by atoms with Gasteiger partial charge in [-0.1, -0.05) is 30.3 Å². The summed E-state index contributed by atoms with van der Waals surface area (Å²) < 4.78 is 10.4. The lowest BCUT2D eigenvalue weighted by Gasteiger charge is -2.17. The molecule has 1 atom stereocenters. The number of benzene rings is 1. The minimum atomic E-state index is -0.621. The zero-order chi connectivity index (χ0) is 19.8. The molecule has 1 unspecified atom stereocenters. The Bertz CT molecular complexity index is 797. The summed E-state index contributed by atoms with van der Waals surface area (Å²) in [6, 6.07) is 13.5. The second kappa shape index (κ2) is 9.85. The predicted molar refractivity (Wildman–Crippen MR) is 104 cm³/mol. The maximum Gasteiger partial charge on any atom is 0.344 e. The van der Waals surface area contributed by atoms with E-state index < -0.39 is 5.97 Å². The van der Waals surface area contributed by atoms with E-state index in [-0.39, 0.29) is 30.0 Å². The molecule has 0 saturated carbocycles. The summed E-state index contributed by atoms with van der Waals surface area (Å²) >= 11 is 0. The van der Waals surface area contributed by atoms with Gasteiger partial charge >= 0.3 is 5.97 Å². The van der Waals surface area contributed by atoms with E-state index in [0.717, 1.165) is 26.1 Å². The molecule has 1 aromatic carbocycles. The number of carbonyl (C=O) groups excluding carboxylic acids is 2. The molecule has 7 nitrogen and oxygen atoms in total. The number of likely N-dealkylation sites (tertiary alicyclic amines) is 1. The molecule has 1 aliphatic rings. The van der Waals surface area contributed by atoms with Gasteiger partial charge in [0.25, 0.3) is 5.91 Å². The largest absolute Gasteiger partial charge is 0.477 e. The fourth-order valence-electron chi connectivity index (χ4n) is 3.21. The third-order valence-electron chi connectivity index (χ3n) is 4.49. The first kappa shape index (κ1) is 19.8. The molecule has 148 valence electrons. The van der Waals surface area contributed by atoms with E-state index in [1.807, 2.05) is 18.2 Å². The molecule has 1 fully saturated rings. The van der Waals surface area contributed by atoms with Gasteiger partial charge in [0.1, 0.15) is 5.56 Å². The van der Waals surface area contributed by atoms with Gasteiger partial charge in [0, 0.05) is 31.9 Å². The molecule has 1 saturated heterocycles. The summed E-state index contributed by atoms with van der Waals surface area (Å²) in [4.78, 5) is 30.7. The van der Waals surface area contributed by atoms with E-state index >= 15 is 0 Å². The molecule has 1 N–H and O–H groups in total. The average molecular weight is 383 g/mol. The third-order valence-corrected chi connectivity index (χ3v) is 4.49. The second-order valence-corrected chi connectivity index (χ2v) is 6.64. The van der Waals surface area contributed by atoms with Crippen molar-refractivity contribution in [2.75, 3.05) is 26.3 Å². The third kappa shape index (κ3) is 5.53. The molecule has 0 aliphatic carbocycles. The second-order valence-electron chi connectivity index (χ2n) is 6.64. The summed E-state index contributed by atoms with van der Waals surface area (Å²) in [5, 5.41) is 2.94. The fraction of sp³-hybridized carbons (Fsp3) is 0.381. The Labute approximate surface area is 164 Å². The lowest BCUT2D eigenvalue weighted by atomic mass is 10.2. The van der Waals surface area contributed by atoms with Crippen molar-refractivity contribution in [3.05, 3.63) is 59.8 Å². The molecule has 0 spiro atoms. The Morgan fingerprint density at radius 1 is 1.21 bits per heavy atom. The van der Waals surface area contributed by atoms with E-state index in [0.29, 0.717) is 6.61 Å². The van der Waals surface area contributed by atoms with Crippen molar-refractivity contribution in [1.82, 2.24) is 15.2 Å². The van der Waals surface area contributed by atoms with Gasteiger partial charge in [-0.25, -0.2) is 9.78 Å². The molecule has 1 aromatic heterocycles. The van der Waals surface area contributed by atoms with Crippen molar-refractivity contribution in [2.45, 2.75) is 25.9 Å². The Hall–Kier alpha value is -2.93. The summed E-state index contributed by atoms with van der Waals surface area (Å²) in [5.74, 6) is -0.714. The van der Waals surface area contributed by atoms with Gasteiger partial charge < -0.3 is 14.8 Å². The average Bonchev–Trinajstić information content (AvgIpc) is 3.14. The van der Waals surface area contributed by atoms with Crippen LogP contribution in [0.1, 0.15) is 29.3 Å². The molecule has 3 rings (SSSR count). The minimum absolute atomic E-state index is 0.0623. The molecule has 1 amide bonds. The monoisotopic (exact) mass is 383 g/mol. The van der Waals surface area contributed by atoms with Crippen molar-refractivity contribution < 1.29 is 19.1 Å². The Morgan fingerprint density at radius 3 is 2.82 bits per heavy atom. The molecular weight excluding hydrogens is 358 g/mol.